The highest BCUT2D eigenvalue weighted by molar-refractivity contribution is 5.38. The molecule has 0 spiro atoms. The van der Waals surface area contributed by atoms with Gasteiger partial charge in [0.15, 0.2) is 0 Å². The molecule has 0 aliphatic carbocycles. The molecule has 1 aromatic carbocycles. The van der Waals surface area contributed by atoms with Crippen LogP contribution in [-0.2, 0) is 7.05 Å². The highest BCUT2D eigenvalue weighted by atomic mass is 16.5. The third-order valence-corrected chi connectivity index (χ3v) is 3.07. The van der Waals surface area contributed by atoms with E-state index in [2.05, 4.69) is 10.4 Å². The first-order chi connectivity index (χ1) is 8.67. The van der Waals surface area contributed by atoms with E-state index < -0.39 is 0 Å². The number of methoxy groups -OCH3 is 1. The Bertz CT molecular complexity index is 536. The van der Waals surface area contributed by atoms with Crippen molar-refractivity contribution in [2.24, 2.45) is 12.9 Å². The maximum Gasteiger partial charge on any atom is 0.131 e. The Labute approximate surface area is 107 Å². The van der Waals surface area contributed by atoms with E-state index in [1.807, 2.05) is 42.9 Å². The van der Waals surface area contributed by atoms with E-state index in [4.69, 9.17) is 10.6 Å². The minimum Gasteiger partial charge on any atom is -0.497 e. The quantitative estimate of drug-likeness (QED) is 0.630. The number of aromatic nitrogens is 2. The SMILES string of the molecule is COc1ccc(C(NN)c2nccn2C)c(C)c1. The van der Waals surface area contributed by atoms with Gasteiger partial charge in [-0.15, -0.1) is 0 Å². The minimum atomic E-state index is -0.129. The van der Waals surface area contributed by atoms with Crippen molar-refractivity contribution >= 4 is 0 Å². The van der Waals surface area contributed by atoms with Crippen LogP contribution in [0, 0.1) is 6.92 Å². The first kappa shape index (κ1) is 12.6. The van der Waals surface area contributed by atoms with Gasteiger partial charge in [-0.25, -0.2) is 10.4 Å². The van der Waals surface area contributed by atoms with Gasteiger partial charge < -0.3 is 9.30 Å². The Morgan fingerprint density at radius 3 is 2.72 bits per heavy atom. The van der Waals surface area contributed by atoms with E-state index in [0.717, 1.165) is 22.7 Å². The van der Waals surface area contributed by atoms with Crippen LogP contribution in [-0.4, -0.2) is 16.7 Å². The number of nitrogens with two attached hydrogens (primary N) is 1. The first-order valence-corrected chi connectivity index (χ1v) is 5.75. The summed E-state index contributed by atoms with van der Waals surface area (Å²) in [5.74, 6) is 7.39. The summed E-state index contributed by atoms with van der Waals surface area (Å²) in [6, 6.07) is 5.79. The zero-order chi connectivity index (χ0) is 13.1. The molecule has 0 fully saturated rings. The number of nitrogens with zero attached hydrogens (tertiary/aromatic N) is 2. The zero-order valence-electron chi connectivity index (χ0n) is 10.8. The molecular formula is C13H18N4O. The summed E-state index contributed by atoms with van der Waals surface area (Å²) >= 11 is 0. The van der Waals surface area contributed by atoms with Crippen LogP contribution in [0.3, 0.4) is 0 Å². The number of imidazole rings is 1. The van der Waals surface area contributed by atoms with Crippen LogP contribution >= 0.6 is 0 Å². The monoisotopic (exact) mass is 246 g/mol. The molecule has 1 atom stereocenters. The van der Waals surface area contributed by atoms with Crippen LogP contribution in [0.1, 0.15) is 23.0 Å². The van der Waals surface area contributed by atoms with Gasteiger partial charge in [-0.1, -0.05) is 6.07 Å². The van der Waals surface area contributed by atoms with Crippen molar-refractivity contribution in [3.8, 4) is 5.75 Å². The molecular weight excluding hydrogens is 228 g/mol. The van der Waals surface area contributed by atoms with Crippen LogP contribution in [0.25, 0.3) is 0 Å². The molecule has 0 radical (unpaired) electrons. The van der Waals surface area contributed by atoms with E-state index in [0.29, 0.717) is 0 Å². The van der Waals surface area contributed by atoms with Gasteiger partial charge in [-0.2, -0.15) is 0 Å². The fraction of sp³-hybridized carbons (Fsp3) is 0.308. The fourth-order valence-electron chi connectivity index (χ4n) is 2.06. The molecule has 0 amide bonds. The van der Waals surface area contributed by atoms with Gasteiger partial charge in [0, 0.05) is 19.4 Å². The van der Waals surface area contributed by atoms with E-state index in [1.165, 1.54) is 0 Å². The second kappa shape index (κ2) is 5.20. The van der Waals surface area contributed by atoms with Crippen LogP contribution in [0.4, 0.5) is 0 Å². The largest absolute Gasteiger partial charge is 0.497 e. The van der Waals surface area contributed by atoms with Gasteiger partial charge in [-0.05, 0) is 30.2 Å². The Kier molecular flexibility index (Phi) is 3.64. The normalized spacial score (nSPS) is 12.4. The summed E-state index contributed by atoms with van der Waals surface area (Å²) in [4.78, 5) is 4.34. The number of hydrogen-bond donors (Lipinski definition) is 2. The molecule has 0 bridgehead atoms. The Balaban J connectivity index is 2.42. The number of benzene rings is 1. The van der Waals surface area contributed by atoms with Gasteiger partial charge >= 0.3 is 0 Å². The van der Waals surface area contributed by atoms with Crippen LogP contribution in [0.5, 0.6) is 5.75 Å². The highest BCUT2D eigenvalue weighted by Gasteiger charge is 2.18. The summed E-state index contributed by atoms with van der Waals surface area (Å²) in [7, 11) is 3.61. The molecule has 1 heterocycles. The van der Waals surface area contributed by atoms with Crippen LogP contribution < -0.4 is 16.0 Å². The molecule has 5 heteroatoms. The summed E-state index contributed by atoms with van der Waals surface area (Å²) in [5, 5.41) is 0. The molecule has 5 nitrogen and oxygen atoms in total. The van der Waals surface area contributed by atoms with E-state index >= 15 is 0 Å². The third-order valence-electron chi connectivity index (χ3n) is 3.07. The first-order valence-electron chi connectivity index (χ1n) is 5.75. The van der Waals surface area contributed by atoms with Gasteiger partial charge in [0.1, 0.15) is 17.6 Å². The molecule has 1 aromatic heterocycles. The highest BCUT2D eigenvalue weighted by Crippen LogP contribution is 2.25. The lowest BCUT2D eigenvalue weighted by Gasteiger charge is -2.18. The van der Waals surface area contributed by atoms with Crippen LogP contribution in [0.2, 0.25) is 0 Å². The molecule has 3 N–H and O–H groups in total. The minimum absolute atomic E-state index is 0.129. The van der Waals surface area contributed by atoms with Crippen molar-refractivity contribution in [1.82, 2.24) is 15.0 Å². The average molecular weight is 246 g/mol. The van der Waals surface area contributed by atoms with Gasteiger partial charge in [0.2, 0.25) is 0 Å². The summed E-state index contributed by atoms with van der Waals surface area (Å²) in [5.41, 5.74) is 5.02. The topological polar surface area (TPSA) is 65.1 Å². The molecule has 0 saturated heterocycles. The third kappa shape index (κ3) is 2.23. The molecule has 0 aliphatic heterocycles. The zero-order valence-corrected chi connectivity index (χ0v) is 10.8. The standard InChI is InChI=1S/C13H18N4O/c1-9-8-10(18-3)4-5-11(9)12(16-14)13-15-6-7-17(13)2/h4-8,12,16H,14H2,1-3H3. The fourth-order valence-corrected chi connectivity index (χ4v) is 2.06. The van der Waals surface area contributed by atoms with Gasteiger partial charge in [0.25, 0.3) is 0 Å². The maximum atomic E-state index is 5.67. The van der Waals surface area contributed by atoms with Crippen LogP contribution in [0.15, 0.2) is 30.6 Å². The summed E-state index contributed by atoms with van der Waals surface area (Å²) in [6.07, 6.45) is 3.66. The predicted molar refractivity (Wildman–Crippen MR) is 70.1 cm³/mol. The van der Waals surface area contributed by atoms with E-state index in [-0.39, 0.29) is 6.04 Å². The van der Waals surface area contributed by atoms with Crippen molar-refractivity contribution in [3.63, 3.8) is 0 Å². The molecule has 0 saturated carbocycles. The Morgan fingerprint density at radius 2 is 2.22 bits per heavy atom. The molecule has 18 heavy (non-hydrogen) atoms. The number of ether oxygens (including phenoxy) is 1. The van der Waals surface area contributed by atoms with Crippen molar-refractivity contribution < 1.29 is 4.74 Å². The van der Waals surface area contributed by atoms with Gasteiger partial charge in [0.05, 0.1) is 7.11 Å². The lowest BCUT2D eigenvalue weighted by molar-refractivity contribution is 0.414. The maximum absolute atomic E-state index is 5.67. The Morgan fingerprint density at radius 1 is 1.44 bits per heavy atom. The number of hydrazine groups is 1. The molecule has 2 aromatic rings. The summed E-state index contributed by atoms with van der Waals surface area (Å²) in [6.45, 7) is 2.03. The second-order valence-electron chi connectivity index (χ2n) is 4.22. The molecule has 1 unspecified atom stereocenters. The number of rotatable bonds is 4. The smallest absolute Gasteiger partial charge is 0.131 e. The molecule has 96 valence electrons. The van der Waals surface area contributed by atoms with Gasteiger partial charge in [-0.3, -0.25) is 5.84 Å². The average Bonchev–Trinajstić information content (AvgIpc) is 2.78. The van der Waals surface area contributed by atoms with Crippen molar-refractivity contribution in [2.75, 3.05) is 7.11 Å². The second-order valence-corrected chi connectivity index (χ2v) is 4.22. The molecule has 0 aliphatic rings. The van der Waals surface area contributed by atoms with Crippen molar-refractivity contribution in [3.05, 3.63) is 47.5 Å². The summed E-state index contributed by atoms with van der Waals surface area (Å²) < 4.78 is 7.16. The number of hydrogen-bond acceptors (Lipinski definition) is 4. The molecule has 2 rings (SSSR count). The predicted octanol–water partition coefficient (Wildman–Crippen LogP) is 1.29. The van der Waals surface area contributed by atoms with Crippen molar-refractivity contribution in [2.45, 2.75) is 13.0 Å². The van der Waals surface area contributed by atoms with E-state index in [1.54, 1.807) is 13.3 Å². The number of aryl methyl sites for hydroxylation is 2. The number of nitrogens with one attached hydrogen (secondary N) is 1. The van der Waals surface area contributed by atoms with E-state index in [9.17, 15) is 0 Å². The lowest BCUT2D eigenvalue weighted by atomic mass is 10.0. The Hall–Kier alpha value is -1.85. The lowest BCUT2D eigenvalue weighted by Crippen LogP contribution is -2.31. The van der Waals surface area contributed by atoms with Crippen molar-refractivity contribution in [1.29, 1.82) is 0 Å².